The van der Waals surface area contributed by atoms with Gasteiger partial charge >= 0.3 is 13.1 Å². The van der Waals surface area contributed by atoms with E-state index in [2.05, 4.69) is 9.97 Å². The fraction of sp³-hybridized carbons (Fsp3) is 0.692. The highest BCUT2D eigenvalue weighted by atomic mass is 16.5. The van der Waals surface area contributed by atoms with Crippen LogP contribution in [0.1, 0.15) is 48.0 Å². The van der Waals surface area contributed by atoms with Gasteiger partial charge in [-0.15, -0.1) is 0 Å². The van der Waals surface area contributed by atoms with E-state index in [1.807, 2.05) is 41.5 Å². The molecular weight excluding hydrogens is 259 g/mol. The van der Waals surface area contributed by atoms with Crippen molar-refractivity contribution >= 4 is 12.6 Å². The van der Waals surface area contributed by atoms with E-state index in [4.69, 9.17) is 9.47 Å². The smallest absolute Gasteiger partial charge is 0.472 e. The second kappa shape index (κ2) is 5.97. The average molecular weight is 282 g/mol. The molecular formula is C13H23BN2O4. The van der Waals surface area contributed by atoms with E-state index < -0.39 is 18.3 Å². The molecule has 0 radical (unpaired) electrons. The number of aromatic nitrogens is 2. The van der Waals surface area contributed by atoms with Gasteiger partial charge in [0.2, 0.25) is 5.88 Å². The fourth-order valence-corrected chi connectivity index (χ4v) is 1.28. The first-order valence-electron chi connectivity index (χ1n) is 6.65. The molecule has 0 aliphatic carbocycles. The van der Waals surface area contributed by atoms with Gasteiger partial charge in [0.1, 0.15) is 11.2 Å². The standard InChI is InChI=1S/C13H23BN2O4/c1-7-13(5,6)20-11-15-8-9(14(17)18)10(16-11)19-12(2,3)4/h8,17-18H,7H2,1-6H3. The van der Waals surface area contributed by atoms with Gasteiger partial charge in [-0.3, -0.25) is 0 Å². The summed E-state index contributed by atoms with van der Waals surface area (Å²) >= 11 is 0. The number of nitrogens with zero attached hydrogens (tertiary/aromatic N) is 2. The third kappa shape index (κ3) is 4.98. The molecule has 0 saturated carbocycles. The Balaban J connectivity index is 3.10. The lowest BCUT2D eigenvalue weighted by Crippen LogP contribution is -2.37. The number of ether oxygens (including phenoxy) is 2. The zero-order valence-electron chi connectivity index (χ0n) is 13.0. The van der Waals surface area contributed by atoms with Crippen LogP contribution in [-0.4, -0.2) is 38.3 Å². The number of hydrogen-bond acceptors (Lipinski definition) is 6. The van der Waals surface area contributed by atoms with Crippen molar-refractivity contribution in [3.63, 3.8) is 0 Å². The molecule has 20 heavy (non-hydrogen) atoms. The van der Waals surface area contributed by atoms with Gasteiger partial charge in [-0.05, 0) is 41.0 Å². The Kier molecular flexibility index (Phi) is 4.99. The lowest BCUT2D eigenvalue weighted by atomic mass is 9.82. The molecule has 0 aliphatic heterocycles. The molecule has 0 spiro atoms. The van der Waals surface area contributed by atoms with Crippen molar-refractivity contribution in [1.29, 1.82) is 0 Å². The van der Waals surface area contributed by atoms with Gasteiger partial charge in [0.15, 0.2) is 0 Å². The molecule has 1 rings (SSSR count). The van der Waals surface area contributed by atoms with Gasteiger partial charge in [-0.25, -0.2) is 4.98 Å². The predicted octanol–water partition coefficient (Wildman–Crippen LogP) is 0.901. The van der Waals surface area contributed by atoms with E-state index in [-0.39, 0.29) is 17.4 Å². The van der Waals surface area contributed by atoms with Crippen molar-refractivity contribution in [3.05, 3.63) is 6.20 Å². The Hall–Kier alpha value is -1.34. The summed E-state index contributed by atoms with van der Waals surface area (Å²) in [6.45, 7) is 11.4. The summed E-state index contributed by atoms with van der Waals surface area (Å²) in [6.07, 6.45) is 2.09. The van der Waals surface area contributed by atoms with Crippen LogP contribution in [0.3, 0.4) is 0 Å². The van der Waals surface area contributed by atoms with Gasteiger partial charge < -0.3 is 19.5 Å². The van der Waals surface area contributed by atoms with Crippen molar-refractivity contribution in [1.82, 2.24) is 9.97 Å². The molecule has 7 heteroatoms. The van der Waals surface area contributed by atoms with Crippen molar-refractivity contribution in [3.8, 4) is 11.9 Å². The molecule has 0 aliphatic rings. The molecule has 0 amide bonds. The first-order valence-corrected chi connectivity index (χ1v) is 6.65. The summed E-state index contributed by atoms with van der Waals surface area (Å²) in [5.74, 6) is 0.115. The second-order valence-corrected chi connectivity index (χ2v) is 6.22. The lowest BCUT2D eigenvalue weighted by molar-refractivity contribution is 0.0861. The summed E-state index contributed by atoms with van der Waals surface area (Å²) in [6, 6.07) is 0.153. The predicted molar refractivity (Wildman–Crippen MR) is 77.2 cm³/mol. The maximum absolute atomic E-state index is 9.33. The monoisotopic (exact) mass is 282 g/mol. The molecule has 2 N–H and O–H groups in total. The molecule has 1 heterocycles. The third-order valence-corrected chi connectivity index (χ3v) is 2.66. The molecule has 6 nitrogen and oxygen atoms in total. The van der Waals surface area contributed by atoms with Gasteiger partial charge in [0.05, 0.1) is 5.46 Å². The molecule has 0 atom stereocenters. The van der Waals surface area contributed by atoms with E-state index >= 15 is 0 Å². The van der Waals surface area contributed by atoms with Gasteiger partial charge in [0, 0.05) is 6.20 Å². The summed E-state index contributed by atoms with van der Waals surface area (Å²) in [5.41, 5.74) is -0.810. The highest BCUT2D eigenvalue weighted by molar-refractivity contribution is 6.59. The van der Waals surface area contributed by atoms with Crippen LogP contribution in [0.25, 0.3) is 0 Å². The quantitative estimate of drug-likeness (QED) is 0.781. The molecule has 1 aromatic heterocycles. The molecule has 0 fully saturated rings. The number of rotatable bonds is 5. The minimum absolute atomic E-state index is 0.113. The first-order chi connectivity index (χ1) is 9.04. The molecule has 0 bridgehead atoms. The largest absolute Gasteiger partial charge is 0.495 e. The Labute approximate surface area is 120 Å². The van der Waals surface area contributed by atoms with E-state index in [0.29, 0.717) is 0 Å². The van der Waals surface area contributed by atoms with Crippen LogP contribution in [-0.2, 0) is 0 Å². The third-order valence-electron chi connectivity index (χ3n) is 2.66. The normalized spacial score (nSPS) is 12.2. The van der Waals surface area contributed by atoms with Crippen molar-refractivity contribution in [2.75, 3.05) is 0 Å². The van der Waals surface area contributed by atoms with Crippen molar-refractivity contribution in [2.24, 2.45) is 0 Å². The van der Waals surface area contributed by atoms with E-state index in [1.54, 1.807) is 0 Å². The summed E-state index contributed by atoms with van der Waals surface area (Å²) in [5, 5.41) is 18.7. The minimum Gasteiger partial charge on any atom is -0.472 e. The topological polar surface area (TPSA) is 84.7 Å². The first kappa shape index (κ1) is 16.7. The molecule has 1 aromatic rings. The second-order valence-electron chi connectivity index (χ2n) is 6.22. The van der Waals surface area contributed by atoms with E-state index in [9.17, 15) is 10.0 Å². The van der Waals surface area contributed by atoms with Crippen LogP contribution in [0, 0.1) is 0 Å². The Morgan fingerprint density at radius 1 is 1.15 bits per heavy atom. The summed E-state index contributed by atoms with van der Waals surface area (Å²) in [4.78, 5) is 8.13. The Bertz CT molecular complexity index is 458. The SMILES string of the molecule is CCC(C)(C)Oc1ncc(B(O)O)c(OC(C)(C)C)n1. The van der Waals surface area contributed by atoms with Gasteiger partial charge in [-0.2, -0.15) is 4.98 Å². The Morgan fingerprint density at radius 3 is 2.20 bits per heavy atom. The summed E-state index contributed by atoms with van der Waals surface area (Å²) in [7, 11) is -1.69. The van der Waals surface area contributed by atoms with E-state index in [0.717, 1.165) is 6.42 Å². The van der Waals surface area contributed by atoms with Gasteiger partial charge in [-0.1, -0.05) is 6.92 Å². The zero-order chi connectivity index (χ0) is 15.6. The average Bonchev–Trinajstić information content (AvgIpc) is 2.26. The molecule has 0 aromatic carbocycles. The molecule has 0 saturated heterocycles. The van der Waals surface area contributed by atoms with Crippen molar-refractivity contribution in [2.45, 2.75) is 59.2 Å². The number of hydrogen-bond donors (Lipinski definition) is 2. The van der Waals surface area contributed by atoms with Crippen LogP contribution in [0.2, 0.25) is 0 Å². The lowest BCUT2D eigenvalue weighted by Gasteiger charge is -2.25. The van der Waals surface area contributed by atoms with E-state index in [1.165, 1.54) is 6.20 Å². The molecule has 0 unspecified atom stereocenters. The van der Waals surface area contributed by atoms with Crippen LogP contribution in [0.15, 0.2) is 6.20 Å². The Morgan fingerprint density at radius 2 is 1.75 bits per heavy atom. The van der Waals surface area contributed by atoms with Gasteiger partial charge in [0.25, 0.3) is 0 Å². The van der Waals surface area contributed by atoms with Crippen LogP contribution in [0.5, 0.6) is 11.9 Å². The van der Waals surface area contributed by atoms with Crippen LogP contribution >= 0.6 is 0 Å². The highest BCUT2D eigenvalue weighted by Gasteiger charge is 2.26. The summed E-state index contributed by atoms with van der Waals surface area (Å²) < 4.78 is 11.3. The minimum atomic E-state index is -1.69. The zero-order valence-corrected chi connectivity index (χ0v) is 13.0. The maximum Gasteiger partial charge on any atom is 0.495 e. The molecule has 112 valence electrons. The fourth-order valence-electron chi connectivity index (χ4n) is 1.28. The van der Waals surface area contributed by atoms with Crippen LogP contribution < -0.4 is 14.9 Å². The van der Waals surface area contributed by atoms with Crippen molar-refractivity contribution < 1.29 is 19.5 Å². The maximum atomic E-state index is 9.33. The van der Waals surface area contributed by atoms with Crippen LogP contribution in [0.4, 0.5) is 0 Å². The highest BCUT2D eigenvalue weighted by Crippen LogP contribution is 2.20.